The van der Waals surface area contributed by atoms with Gasteiger partial charge in [-0.25, -0.2) is 4.79 Å². The first-order valence-electron chi connectivity index (χ1n) is 2.85. The van der Waals surface area contributed by atoms with Gasteiger partial charge in [-0.3, -0.25) is 9.63 Å². The Morgan fingerprint density at radius 3 is 2.17 bits per heavy atom. The molecule has 5 N–H and O–H groups in total. The third-order valence-electron chi connectivity index (χ3n) is 0.816. The van der Waals surface area contributed by atoms with Crippen LogP contribution in [0, 0.1) is 5.41 Å². The van der Waals surface area contributed by atoms with Gasteiger partial charge in [0.25, 0.3) is 5.91 Å². The van der Waals surface area contributed by atoms with Gasteiger partial charge in [-0.15, -0.1) is 0 Å². The average Bonchev–Trinajstić information content (AvgIpc) is 1.84. The summed E-state index contributed by atoms with van der Waals surface area (Å²) in [5, 5.41) is 9.93. The van der Waals surface area contributed by atoms with Crippen molar-refractivity contribution in [2.24, 2.45) is 16.6 Å². The molecule has 0 aliphatic carbocycles. The topological polar surface area (TPSA) is 132 Å². The van der Waals surface area contributed by atoms with E-state index in [0.29, 0.717) is 0 Å². The fourth-order valence-corrected chi connectivity index (χ4v) is 0.389. The number of carbonyl (C=O) groups is 2. The molecule has 2 amide bonds. The van der Waals surface area contributed by atoms with Crippen LogP contribution >= 0.6 is 0 Å². The highest BCUT2D eigenvalue weighted by Gasteiger charge is 2.10. The second kappa shape index (κ2) is 4.06. The van der Waals surface area contributed by atoms with E-state index in [2.05, 4.69) is 15.7 Å². The smallest absolute Gasteiger partial charge is 0.364 e. The van der Waals surface area contributed by atoms with E-state index >= 15 is 0 Å². The number of nitrogens with zero attached hydrogens (tertiary/aromatic N) is 1. The lowest BCUT2D eigenvalue weighted by molar-refractivity contribution is -0.111. The van der Waals surface area contributed by atoms with Gasteiger partial charge < -0.3 is 16.9 Å². The van der Waals surface area contributed by atoms with Crippen molar-refractivity contribution in [2.75, 3.05) is 0 Å². The summed E-state index contributed by atoms with van der Waals surface area (Å²) in [5.41, 5.74) is 8.69. The molecule has 12 heavy (non-hydrogen) atoms. The van der Waals surface area contributed by atoms with E-state index in [9.17, 15) is 9.59 Å². The van der Waals surface area contributed by atoms with Crippen LogP contribution < -0.4 is 11.5 Å². The molecule has 0 bridgehead atoms. The van der Waals surface area contributed by atoms with E-state index in [1.165, 1.54) is 6.92 Å². The third-order valence-corrected chi connectivity index (χ3v) is 0.816. The van der Waals surface area contributed by atoms with Gasteiger partial charge in [0.05, 0.1) is 5.71 Å². The van der Waals surface area contributed by atoms with Crippen LogP contribution in [0.4, 0.5) is 4.79 Å². The van der Waals surface area contributed by atoms with Crippen LogP contribution in [-0.4, -0.2) is 23.4 Å². The molecule has 0 aromatic heterocycles. The minimum Gasteiger partial charge on any atom is -0.364 e. The molecule has 0 radical (unpaired) electrons. The van der Waals surface area contributed by atoms with Crippen molar-refractivity contribution >= 4 is 23.4 Å². The van der Waals surface area contributed by atoms with E-state index in [1.54, 1.807) is 0 Å². The number of hydrogen-bond donors (Lipinski definition) is 3. The van der Waals surface area contributed by atoms with Gasteiger partial charge in [-0.1, -0.05) is 5.16 Å². The second-order valence-electron chi connectivity index (χ2n) is 1.84. The third kappa shape index (κ3) is 3.30. The highest BCUT2D eigenvalue weighted by Crippen LogP contribution is 1.84. The van der Waals surface area contributed by atoms with Crippen molar-refractivity contribution in [2.45, 2.75) is 6.92 Å². The fraction of sp³-hybridized carbons (Fsp3) is 0.200. The van der Waals surface area contributed by atoms with E-state index < -0.39 is 17.7 Å². The molecule has 7 heteroatoms. The summed E-state index contributed by atoms with van der Waals surface area (Å²) in [6.07, 6.45) is -1.17. The summed E-state index contributed by atoms with van der Waals surface area (Å²) >= 11 is 0. The summed E-state index contributed by atoms with van der Waals surface area (Å²) in [7, 11) is 0. The predicted octanol–water partition coefficient (Wildman–Crippen LogP) is -1.04. The van der Waals surface area contributed by atoms with E-state index in [4.69, 9.17) is 11.1 Å². The average molecular weight is 172 g/mol. The van der Waals surface area contributed by atoms with Gasteiger partial charge >= 0.3 is 6.09 Å². The number of primary amides is 2. The lowest BCUT2D eigenvalue weighted by atomic mass is 10.2. The van der Waals surface area contributed by atoms with Crippen molar-refractivity contribution in [3.63, 3.8) is 0 Å². The summed E-state index contributed by atoms with van der Waals surface area (Å²) in [6, 6.07) is 0. The van der Waals surface area contributed by atoms with E-state index in [-0.39, 0.29) is 5.71 Å². The second-order valence-corrected chi connectivity index (χ2v) is 1.84. The molecule has 7 nitrogen and oxygen atoms in total. The van der Waals surface area contributed by atoms with Crippen LogP contribution in [0.15, 0.2) is 5.16 Å². The summed E-state index contributed by atoms with van der Waals surface area (Å²) in [5.74, 6) is -0.955. The molecule has 0 spiro atoms. The van der Waals surface area contributed by atoms with Gasteiger partial charge in [0.1, 0.15) is 0 Å². The molecule has 0 saturated heterocycles. The quantitative estimate of drug-likeness (QED) is 0.285. The molecule has 0 aromatic carbocycles. The number of oxime groups is 1. The summed E-state index contributed by atoms with van der Waals surface area (Å²) in [6.45, 7) is 1.27. The fourth-order valence-electron chi connectivity index (χ4n) is 0.389. The Morgan fingerprint density at radius 1 is 1.42 bits per heavy atom. The summed E-state index contributed by atoms with van der Waals surface area (Å²) < 4.78 is 0. The zero-order valence-electron chi connectivity index (χ0n) is 6.33. The molecule has 0 aromatic rings. The van der Waals surface area contributed by atoms with Crippen molar-refractivity contribution < 1.29 is 14.4 Å². The molecule has 0 unspecified atom stereocenters. The van der Waals surface area contributed by atoms with Crippen LogP contribution in [0.1, 0.15) is 6.92 Å². The number of nitrogens with two attached hydrogens (primary N) is 2. The highest BCUT2D eigenvalue weighted by molar-refractivity contribution is 6.65. The molecule has 66 valence electrons. The maximum Gasteiger partial charge on any atom is 0.430 e. The molecular weight excluding hydrogens is 164 g/mol. The molecule has 0 heterocycles. The lowest BCUT2D eigenvalue weighted by Crippen LogP contribution is -2.29. The Balaban J connectivity index is 4.51. The minimum absolute atomic E-state index is 0.205. The van der Waals surface area contributed by atoms with Gasteiger partial charge in [0, 0.05) is 0 Å². The summed E-state index contributed by atoms with van der Waals surface area (Å²) in [4.78, 5) is 24.4. The highest BCUT2D eigenvalue weighted by atomic mass is 16.7. The zero-order valence-corrected chi connectivity index (χ0v) is 6.33. The van der Waals surface area contributed by atoms with Crippen molar-refractivity contribution in [3.8, 4) is 0 Å². The number of nitrogens with one attached hydrogen (secondary N) is 1. The molecule has 0 atom stereocenters. The maximum absolute atomic E-state index is 10.5. The lowest BCUT2D eigenvalue weighted by Gasteiger charge is -1.96. The van der Waals surface area contributed by atoms with Crippen LogP contribution in [0.3, 0.4) is 0 Å². The Bertz CT molecular complexity index is 241. The zero-order chi connectivity index (χ0) is 9.72. The van der Waals surface area contributed by atoms with Crippen LogP contribution in [0.2, 0.25) is 0 Å². The normalized spacial score (nSPS) is 10.6. The maximum atomic E-state index is 10.5. The molecule has 0 saturated carbocycles. The molecule has 0 aliphatic heterocycles. The van der Waals surface area contributed by atoms with E-state index in [0.717, 1.165) is 0 Å². The van der Waals surface area contributed by atoms with Gasteiger partial charge in [0.15, 0.2) is 5.71 Å². The number of carbonyl (C=O) groups excluding carboxylic acids is 2. The van der Waals surface area contributed by atoms with Crippen molar-refractivity contribution in [3.05, 3.63) is 0 Å². The van der Waals surface area contributed by atoms with Crippen LogP contribution in [0.5, 0.6) is 0 Å². The van der Waals surface area contributed by atoms with Gasteiger partial charge in [-0.2, -0.15) is 0 Å². The molecule has 0 rings (SSSR count). The largest absolute Gasteiger partial charge is 0.430 e. The standard InChI is InChI=1S/C5H8N4O3/c1-2(6)3(4(7)10)9-12-5(8)11/h6H,1H3,(H2,7,10)(H2,8,11). The first-order chi connectivity index (χ1) is 5.45. The number of amides is 2. The Labute approximate surface area is 67.9 Å². The monoisotopic (exact) mass is 172 g/mol. The number of hydrogen-bond acceptors (Lipinski definition) is 5. The first-order valence-corrected chi connectivity index (χ1v) is 2.85. The first kappa shape index (κ1) is 10.1. The SMILES string of the molecule is CC(=N)C(=NOC(N)=O)C(N)=O. The predicted molar refractivity (Wildman–Crippen MR) is 40.7 cm³/mol. The Morgan fingerprint density at radius 2 is 1.92 bits per heavy atom. The Hall–Kier alpha value is -1.92. The van der Waals surface area contributed by atoms with Crippen molar-refractivity contribution in [1.82, 2.24) is 0 Å². The van der Waals surface area contributed by atoms with E-state index in [1.807, 2.05) is 0 Å². The molecule has 0 aliphatic rings. The minimum atomic E-state index is -1.17. The molecular formula is C5H8N4O3. The van der Waals surface area contributed by atoms with Crippen LogP contribution in [-0.2, 0) is 9.63 Å². The van der Waals surface area contributed by atoms with Gasteiger partial charge in [-0.05, 0) is 6.92 Å². The number of rotatable bonds is 3. The van der Waals surface area contributed by atoms with Crippen molar-refractivity contribution in [1.29, 1.82) is 5.41 Å². The Kier molecular flexibility index (Phi) is 3.41. The molecule has 0 fully saturated rings. The van der Waals surface area contributed by atoms with Gasteiger partial charge in [0.2, 0.25) is 0 Å². The van der Waals surface area contributed by atoms with Crippen LogP contribution in [0.25, 0.3) is 0 Å².